The first-order chi connectivity index (χ1) is 15.4. The number of hydrogen-bond donors (Lipinski definition) is 4. The lowest BCUT2D eigenvalue weighted by Gasteiger charge is -2.07. The fourth-order valence-electron chi connectivity index (χ4n) is 3.73. The molecule has 0 aliphatic heterocycles. The third kappa shape index (κ3) is 4.37. The summed E-state index contributed by atoms with van der Waals surface area (Å²) in [6.45, 7) is 0.201. The average molecular weight is 428 g/mol. The Bertz CT molecular complexity index is 1320. The number of nitrogens with one attached hydrogen (secondary N) is 2. The second-order valence-electron chi connectivity index (χ2n) is 7.36. The second kappa shape index (κ2) is 8.77. The normalized spacial score (nSPS) is 10.8. The number of rotatable bonds is 7. The molecule has 160 valence electrons. The predicted octanol–water partition coefficient (Wildman–Crippen LogP) is 4.46. The molecule has 0 aliphatic carbocycles. The van der Waals surface area contributed by atoms with Crippen molar-refractivity contribution >= 4 is 28.7 Å². The molecule has 0 saturated carbocycles. The summed E-state index contributed by atoms with van der Waals surface area (Å²) in [6, 6.07) is 21.8. The van der Waals surface area contributed by atoms with Crippen LogP contribution in [0.3, 0.4) is 0 Å². The monoisotopic (exact) mass is 428 g/mol. The topological polar surface area (TPSA) is 119 Å². The molecule has 4 aromatic rings. The highest BCUT2D eigenvalue weighted by atomic mass is 16.4. The maximum Gasteiger partial charge on any atom is 0.404 e. The molecule has 1 aromatic heterocycles. The van der Waals surface area contributed by atoms with E-state index in [9.17, 15) is 19.5 Å². The number of H-pyrrole nitrogens is 1. The number of aromatic amines is 1. The number of fused-ring (bicyclic) bond motifs is 1. The van der Waals surface area contributed by atoms with Gasteiger partial charge in [-0.3, -0.25) is 9.59 Å². The van der Waals surface area contributed by atoms with E-state index < -0.39 is 12.1 Å². The van der Waals surface area contributed by atoms with Crippen molar-refractivity contribution in [2.24, 2.45) is 0 Å². The molecule has 7 nitrogen and oxygen atoms in total. The fraction of sp³-hybridized carbons (Fsp3) is 0.0800. The zero-order chi connectivity index (χ0) is 22.7. The van der Waals surface area contributed by atoms with Crippen molar-refractivity contribution in [3.8, 4) is 11.1 Å². The van der Waals surface area contributed by atoms with Gasteiger partial charge in [0.1, 0.15) is 0 Å². The number of aliphatic carboxylic acids is 1. The fourth-order valence-corrected chi connectivity index (χ4v) is 3.73. The Hall–Kier alpha value is -4.39. The smallest absolute Gasteiger partial charge is 0.404 e. The van der Waals surface area contributed by atoms with Gasteiger partial charge in [0, 0.05) is 28.6 Å². The van der Waals surface area contributed by atoms with Gasteiger partial charge in [-0.15, -0.1) is 0 Å². The molecule has 0 saturated heterocycles. The molecular weight excluding hydrogens is 408 g/mol. The van der Waals surface area contributed by atoms with Crippen molar-refractivity contribution in [2.75, 3.05) is 0 Å². The minimum atomic E-state index is -1.09. The van der Waals surface area contributed by atoms with Crippen LogP contribution in [0.25, 0.3) is 22.0 Å². The van der Waals surface area contributed by atoms with Crippen LogP contribution in [0.1, 0.15) is 27.2 Å². The van der Waals surface area contributed by atoms with Crippen LogP contribution in [0, 0.1) is 0 Å². The first-order valence-corrected chi connectivity index (χ1v) is 9.94. The molecule has 1 amide bonds. The lowest BCUT2D eigenvalue weighted by molar-refractivity contribution is -0.136. The lowest BCUT2D eigenvalue weighted by atomic mass is 9.98. The first kappa shape index (κ1) is 20.9. The van der Waals surface area contributed by atoms with Gasteiger partial charge in [-0.25, -0.2) is 4.79 Å². The zero-order valence-electron chi connectivity index (χ0n) is 17.0. The van der Waals surface area contributed by atoms with Gasteiger partial charge >= 0.3 is 12.1 Å². The van der Waals surface area contributed by atoms with Crippen LogP contribution in [-0.4, -0.2) is 33.0 Å². The largest absolute Gasteiger partial charge is 0.481 e. The number of carbonyl (C=O) groups excluding carboxylic acids is 1. The number of amides is 1. The van der Waals surface area contributed by atoms with Crippen molar-refractivity contribution in [3.05, 3.63) is 95.2 Å². The van der Waals surface area contributed by atoms with Crippen molar-refractivity contribution in [1.29, 1.82) is 0 Å². The van der Waals surface area contributed by atoms with Gasteiger partial charge in [0.25, 0.3) is 0 Å². The number of aromatic nitrogens is 1. The van der Waals surface area contributed by atoms with Crippen LogP contribution in [-0.2, 0) is 17.8 Å². The Kier molecular flexibility index (Phi) is 5.72. The van der Waals surface area contributed by atoms with E-state index in [1.54, 1.807) is 18.2 Å². The van der Waals surface area contributed by atoms with E-state index in [0.29, 0.717) is 11.1 Å². The molecule has 4 N–H and O–H groups in total. The molecule has 7 heteroatoms. The molecule has 0 unspecified atom stereocenters. The summed E-state index contributed by atoms with van der Waals surface area (Å²) in [4.78, 5) is 38.3. The van der Waals surface area contributed by atoms with Crippen LogP contribution in [0.15, 0.2) is 72.8 Å². The lowest BCUT2D eigenvalue weighted by Crippen LogP contribution is -2.19. The molecule has 0 atom stereocenters. The van der Waals surface area contributed by atoms with Crippen LogP contribution < -0.4 is 5.32 Å². The van der Waals surface area contributed by atoms with Crippen LogP contribution >= 0.6 is 0 Å². The molecule has 0 bridgehead atoms. The number of benzene rings is 3. The van der Waals surface area contributed by atoms with E-state index in [4.69, 9.17) is 5.11 Å². The second-order valence-corrected chi connectivity index (χ2v) is 7.36. The summed E-state index contributed by atoms with van der Waals surface area (Å²) in [5.41, 5.74) is 4.50. The number of para-hydroxylation sites is 1. The maximum absolute atomic E-state index is 13.2. The molecule has 4 rings (SSSR count). The Labute approximate surface area is 183 Å². The van der Waals surface area contributed by atoms with Crippen LogP contribution in [0.2, 0.25) is 0 Å². The Balaban J connectivity index is 1.63. The number of ketones is 1. The highest BCUT2D eigenvalue weighted by molar-refractivity contribution is 6.12. The van der Waals surface area contributed by atoms with Gasteiger partial charge in [0.05, 0.1) is 12.1 Å². The molecule has 0 aliphatic rings. The Morgan fingerprint density at radius 3 is 2.31 bits per heavy atom. The third-order valence-electron chi connectivity index (χ3n) is 5.22. The van der Waals surface area contributed by atoms with Crippen molar-refractivity contribution in [1.82, 2.24) is 10.3 Å². The third-order valence-corrected chi connectivity index (χ3v) is 5.22. The van der Waals surface area contributed by atoms with E-state index in [0.717, 1.165) is 27.6 Å². The molecule has 1 heterocycles. The predicted molar refractivity (Wildman–Crippen MR) is 120 cm³/mol. The van der Waals surface area contributed by atoms with Crippen molar-refractivity contribution in [3.63, 3.8) is 0 Å². The summed E-state index contributed by atoms with van der Waals surface area (Å²) in [5, 5.41) is 21.1. The van der Waals surface area contributed by atoms with Gasteiger partial charge in [-0.2, -0.15) is 0 Å². The van der Waals surface area contributed by atoms with E-state index in [-0.39, 0.29) is 24.4 Å². The SMILES string of the molecule is O=C(O)Cc1c(C(=O)c2ccc(-c3cccc(CNC(=O)O)c3)cc2)[nH]c2ccccc12. The van der Waals surface area contributed by atoms with E-state index in [1.165, 1.54) is 0 Å². The molecule has 0 fully saturated rings. The first-order valence-electron chi connectivity index (χ1n) is 9.94. The Morgan fingerprint density at radius 1 is 0.844 bits per heavy atom. The van der Waals surface area contributed by atoms with E-state index in [2.05, 4.69) is 10.3 Å². The highest BCUT2D eigenvalue weighted by Gasteiger charge is 2.21. The van der Waals surface area contributed by atoms with E-state index in [1.807, 2.05) is 54.6 Å². The number of carboxylic acid groups (broad SMARTS) is 2. The van der Waals surface area contributed by atoms with E-state index >= 15 is 0 Å². The number of carboxylic acids is 1. The molecule has 0 radical (unpaired) electrons. The standard InChI is InChI=1S/C25H20N2O5/c28-22(29)13-20-19-6-1-2-7-21(19)27-23(20)24(30)17-10-8-16(9-11-17)18-5-3-4-15(12-18)14-26-25(31)32/h1-12,26-27H,13-14H2,(H,28,29)(H,31,32). The molecule has 0 spiro atoms. The van der Waals surface area contributed by atoms with Crippen LogP contribution in [0.4, 0.5) is 4.79 Å². The van der Waals surface area contributed by atoms with Gasteiger partial charge in [-0.05, 0) is 28.8 Å². The molecule has 3 aromatic carbocycles. The highest BCUT2D eigenvalue weighted by Crippen LogP contribution is 2.27. The molecule has 32 heavy (non-hydrogen) atoms. The quantitative estimate of drug-likeness (QED) is 0.324. The van der Waals surface area contributed by atoms with Gasteiger partial charge in [-0.1, -0.05) is 60.7 Å². The summed E-state index contributed by atoms with van der Waals surface area (Å²) in [7, 11) is 0. The summed E-state index contributed by atoms with van der Waals surface area (Å²) < 4.78 is 0. The van der Waals surface area contributed by atoms with Gasteiger partial charge in [0.15, 0.2) is 0 Å². The maximum atomic E-state index is 13.2. The average Bonchev–Trinajstić information content (AvgIpc) is 3.15. The summed E-state index contributed by atoms with van der Waals surface area (Å²) in [5.74, 6) is -1.28. The van der Waals surface area contributed by atoms with Crippen LogP contribution in [0.5, 0.6) is 0 Å². The molecular formula is C25H20N2O5. The zero-order valence-corrected chi connectivity index (χ0v) is 17.0. The number of hydrogen-bond acceptors (Lipinski definition) is 3. The minimum Gasteiger partial charge on any atom is -0.481 e. The van der Waals surface area contributed by atoms with Crippen molar-refractivity contribution < 1.29 is 24.6 Å². The summed E-state index contributed by atoms with van der Waals surface area (Å²) in [6.07, 6.45) is -1.34. The van der Waals surface area contributed by atoms with Gasteiger partial charge in [0.2, 0.25) is 5.78 Å². The number of carbonyl (C=O) groups is 3. The Morgan fingerprint density at radius 2 is 1.59 bits per heavy atom. The minimum absolute atomic E-state index is 0.201. The van der Waals surface area contributed by atoms with Gasteiger partial charge < -0.3 is 20.5 Å². The summed E-state index contributed by atoms with van der Waals surface area (Å²) >= 11 is 0. The van der Waals surface area contributed by atoms with Crippen molar-refractivity contribution in [2.45, 2.75) is 13.0 Å².